The molecule has 52 valence electrons. The topological polar surface area (TPSA) is 12.4 Å². The van der Waals surface area contributed by atoms with Crippen molar-refractivity contribution in [1.82, 2.24) is 0 Å². The lowest BCUT2D eigenvalue weighted by molar-refractivity contribution is 1.23. The minimum Gasteiger partial charge on any atom is -0.288 e. The zero-order chi connectivity index (χ0) is 7.40. The Balaban J connectivity index is 2.84. The molecule has 0 bridgehead atoms. The van der Waals surface area contributed by atoms with Crippen LogP contribution in [-0.2, 0) is 0 Å². The lowest BCUT2D eigenvalue weighted by atomic mass is 10.1. The maximum Gasteiger partial charge on any atom is 0.0646 e. The van der Waals surface area contributed by atoms with E-state index in [1.807, 2.05) is 19.2 Å². The van der Waals surface area contributed by atoms with Crippen molar-refractivity contribution in [3.8, 4) is 0 Å². The average Bonchev–Trinajstić information content (AvgIpc) is 2.36. The van der Waals surface area contributed by atoms with Gasteiger partial charge in [-0.2, -0.15) is 0 Å². The molecular weight excluding hydrogens is 122 g/mol. The molecule has 0 fully saturated rings. The maximum atomic E-state index is 4.13. The summed E-state index contributed by atoms with van der Waals surface area (Å²) >= 11 is 0. The predicted molar refractivity (Wildman–Crippen MR) is 45.4 cm³/mol. The summed E-state index contributed by atoms with van der Waals surface area (Å²) in [4.78, 5) is 4.13. The van der Waals surface area contributed by atoms with Crippen LogP contribution in [0.1, 0.15) is 6.92 Å². The smallest absolute Gasteiger partial charge is 0.0646 e. The second-order valence-electron chi connectivity index (χ2n) is 2.14. The van der Waals surface area contributed by atoms with Crippen molar-refractivity contribution >= 4 is 6.21 Å². The summed E-state index contributed by atoms with van der Waals surface area (Å²) < 4.78 is 0. The molecule has 1 aliphatic heterocycles. The van der Waals surface area contributed by atoms with Gasteiger partial charge in [0.15, 0.2) is 0 Å². The minimum absolute atomic E-state index is 0.811. The van der Waals surface area contributed by atoms with E-state index in [1.54, 1.807) is 6.08 Å². The van der Waals surface area contributed by atoms with Crippen molar-refractivity contribution in [3.05, 3.63) is 36.0 Å². The van der Waals surface area contributed by atoms with Crippen molar-refractivity contribution in [2.24, 2.45) is 4.99 Å². The Morgan fingerprint density at radius 3 is 3.10 bits per heavy atom. The van der Waals surface area contributed by atoms with Crippen molar-refractivity contribution in [3.63, 3.8) is 0 Å². The fourth-order valence-electron chi connectivity index (χ4n) is 0.968. The van der Waals surface area contributed by atoms with Crippen LogP contribution in [0.3, 0.4) is 0 Å². The van der Waals surface area contributed by atoms with Crippen LogP contribution < -0.4 is 0 Å². The molecule has 1 heteroatoms. The third-order valence-corrected chi connectivity index (χ3v) is 1.49. The molecule has 0 atom stereocenters. The quantitative estimate of drug-likeness (QED) is 0.519. The number of nitrogens with zero attached hydrogens (tertiary/aromatic N) is 1. The maximum absolute atomic E-state index is 4.13. The molecule has 0 amide bonds. The van der Waals surface area contributed by atoms with Crippen LogP contribution in [0, 0.1) is 0 Å². The SMILES string of the molecule is C=C/C=C1/CN=C/C1=C/C. The van der Waals surface area contributed by atoms with E-state index in [9.17, 15) is 0 Å². The van der Waals surface area contributed by atoms with Gasteiger partial charge in [-0.1, -0.05) is 24.8 Å². The van der Waals surface area contributed by atoms with Crippen LogP contribution in [0.4, 0.5) is 0 Å². The highest BCUT2D eigenvalue weighted by Crippen LogP contribution is 2.13. The molecule has 0 spiro atoms. The summed E-state index contributed by atoms with van der Waals surface area (Å²) in [7, 11) is 0. The summed E-state index contributed by atoms with van der Waals surface area (Å²) in [5, 5.41) is 0. The van der Waals surface area contributed by atoms with Gasteiger partial charge in [-0.05, 0) is 18.1 Å². The van der Waals surface area contributed by atoms with Gasteiger partial charge in [0.05, 0.1) is 6.54 Å². The van der Waals surface area contributed by atoms with Gasteiger partial charge in [-0.15, -0.1) is 0 Å². The fourth-order valence-corrected chi connectivity index (χ4v) is 0.968. The van der Waals surface area contributed by atoms with Gasteiger partial charge in [0.25, 0.3) is 0 Å². The average molecular weight is 133 g/mol. The van der Waals surface area contributed by atoms with Crippen molar-refractivity contribution in [2.75, 3.05) is 6.54 Å². The molecule has 0 aromatic rings. The standard InChI is InChI=1S/C9H11N/c1-3-5-9-7-10-6-8(9)4-2/h3-6H,1,7H2,2H3/b8-4-,9-5-. The Bertz CT molecular complexity index is 219. The molecule has 0 aromatic carbocycles. The summed E-state index contributed by atoms with van der Waals surface area (Å²) in [6.45, 7) is 6.46. The molecule has 1 nitrogen and oxygen atoms in total. The van der Waals surface area contributed by atoms with Crippen LogP contribution in [0.25, 0.3) is 0 Å². The Kier molecular flexibility index (Phi) is 2.21. The summed E-state index contributed by atoms with van der Waals surface area (Å²) in [5.74, 6) is 0. The highest BCUT2D eigenvalue weighted by molar-refractivity contribution is 5.88. The lowest BCUT2D eigenvalue weighted by Crippen LogP contribution is -1.83. The second kappa shape index (κ2) is 3.16. The first kappa shape index (κ1) is 7.00. The molecule has 0 aromatic heterocycles. The Labute approximate surface area is 61.5 Å². The minimum atomic E-state index is 0.811. The van der Waals surface area contributed by atoms with Gasteiger partial charge in [0, 0.05) is 6.21 Å². The fraction of sp³-hybridized carbons (Fsp3) is 0.222. The Morgan fingerprint density at radius 2 is 2.50 bits per heavy atom. The molecule has 1 heterocycles. The Hall–Kier alpha value is -1.11. The number of hydrogen-bond donors (Lipinski definition) is 0. The molecule has 0 saturated carbocycles. The molecule has 1 rings (SSSR count). The van der Waals surface area contributed by atoms with E-state index in [1.165, 1.54) is 11.1 Å². The van der Waals surface area contributed by atoms with E-state index in [2.05, 4.69) is 17.6 Å². The summed E-state index contributed by atoms with van der Waals surface area (Å²) in [5.41, 5.74) is 2.48. The monoisotopic (exact) mass is 133 g/mol. The molecule has 10 heavy (non-hydrogen) atoms. The predicted octanol–water partition coefficient (Wildman–Crippen LogP) is 2.13. The van der Waals surface area contributed by atoms with Crippen LogP contribution >= 0.6 is 0 Å². The third-order valence-electron chi connectivity index (χ3n) is 1.49. The highest BCUT2D eigenvalue weighted by Gasteiger charge is 2.04. The summed E-state index contributed by atoms with van der Waals surface area (Å²) in [6.07, 6.45) is 7.76. The van der Waals surface area contributed by atoms with Crippen LogP contribution in [0.15, 0.2) is 40.9 Å². The van der Waals surface area contributed by atoms with Crippen LogP contribution in [0.2, 0.25) is 0 Å². The molecule has 0 saturated heterocycles. The molecule has 0 aliphatic carbocycles. The Morgan fingerprint density at radius 1 is 1.70 bits per heavy atom. The number of aliphatic imine (C=N–C) groups is 1. The van der Waals surface area contributed by atoms with E-state index in [4.69, 9.17) is 0 Å². The van der Waals surface area contributed by atoms with Gasteiger partial charge < -0.3 is 0 Å². The molecular formula is C9H11N. The number of hydrogen-bond acceptors (Lipinski definition) is 1. The molecule has 0 radical (unpaired) electrons. The van der Waals surface area contributed by atoms with Crippen LogP contribution in [0.5, 0.6) is 0 Å². The van der Waals surface area contributed by atoms with E-state index in [0.29, 0.717) is 0 Å². The molecule has 1 aliphatic rings. The van der Waals surface area contributed by atoms with E-state index >= 15 is 0 Å². The van der Waals surface area contributed by atoms with E-state index in [0.717, 1.165) is 6.54 Å². The lowest BCUT2D eigenvalue weighted by Gasteiger charge is -1.93. The van der Waals surface area contributed by atoms with Gasteiger partial charge >= 0.3 is 0 Å². The van der Waals surface area contributed by atoms with Crippen molar-refractivity contribution in [2.45, 2.75) is 6.92 Å². The zero-order valence-corrected chi connectivity index (χ0v) is 6.17. The first-order valence-corrected chi connectivity index (χ1v) is 3.36. The van der Waals surface area contributed by atoms with Crippen LogP contribution in [-0.4, -0.2) is 12.8 Å². The molecule has 0 N–H and O–H groups in total. The first-order chi connectivity index (χ1) is 4.88. The van der Waals surface area contributed by atoms with Gasteiger partial charge in [-0.25, -0.2) is 0 Å². The highest BCUT2D eigenvalue weighted by atomic mass is 14.7. The molecule has 0 unspecified atom stereocenters. The van der Waals surface area contributed by atoms with E-state index in [-0.39, 0.29) is 0 Å². The van der Waals surface area contributed by atoms with Crippen molar-refractivity contribution in [1.29, 1.82) is 0 Å². The first-order valence-electron chi connectivity index (χ1n) is 3.36. The van der Waals surface area contributed by atoms with Gasteiger partial charge in [0.2, 0.25) is 0 Å². The third kappa shape index (κ3) is 1.24. The summed E-state index contributed by atoms with van der Waals surface area (Å²) in [6, 6.07) is 0. The number of rotatable bonds is 1. The van der Waals surface area contributed by atoms with Gasteiger partial charge in [0.1, 0.15) is 0 Å². The normalized spacial score (nSPS) is 24.5. The second-order valence-corrected chi connectivity index (χ2v) is 2.14. The largest absolute Gasteiger partial charge is 0.288 e. The van der Waals surface area contributed by atoms with E-state index < -0.39 is 0 Å². The zero-order valence-electron chi connectivity index (χ0n) is 6.17. The van der Waals surface area contributed by atoms with Gasteiger partial charge in [-0.3, -0.25) is 4.99 Å². The number of allylic oxidation sites excluding steroid dienone is 3. The van der Waals surface area contributed by atoms with Crippen molar-refractivity contribution < 1.29 is 0 Å².